The van der Waals surface area contributed by atoms with Crippen LogP contribution in [0.4, 0.5) is 11.4 Å². The molecule has 2 aromatic rings. The van der Waals surface area contributed by atoms with Gasteiger partial charge in [0.2, 0.25) is 0 Å². The van der Waals surface area contributed by atoms with Gasteiger partial charge in [0.05, 0.1) is 12.1 Å². The highest BCUT2D eigenvalue weighted by atomic mass is 35.5. The van der Waals surface area contributed by atoms with Crippen molar-refractivity contribution in [3.8, 4) is 5.75 Å². The standard InChI is InChI=1S/C16H17ClN2O/c1-19-9-11-3-4-13(7-12(11)10-19)18-14-5-6-16(20-2)15(17)8-14/h3-8,18H,9-10H2,1-2H3. The summed E-state index contributed by atoms with van der Waals surface area (Å²) >= 11 is 6.14. The molecule has 20 heavy (non-hydrogen) atoms. The van der Waals surface area contributed by atoms with Crippen LogP contribution < -0.4 is 10.1 Å². The third-order valence-electron chi connectivity index (χ3n) is 3.53. The van der Waals surface area contributed by atoms with Crippen molar-refractivity contribution in [3.63, 3.8) is 0 Å². The minimum Gasteiger partial charge on any atom is -0.495 e. The zero-order valence-corrected chi connectivity index (χ0v) is 12.4. The van der Waals surface area contributed by atoms with Gasteiger partial charge in [0.25, 0.3) is 0 Å². The van der Waals surface area contributed by atoms with E-state index in [2.05, 4.69) is 35.5 Å². The lowest BCUT2D eigenvalue weighted by Crippen LogP contribution is -2.07. The SMILES string of the molecule is COc1ccc(Nc2ccc3c(c2)CN(C)C3)cc1Cl. The van der Waals surface area contributed by atoms with Crippen LogP contribution >= 0.6 is 11.6 Å². The molecule has 2 aromatic carbocycles. The molecule has 0 saturated carbocycles. The average molecular weight is 289 g/mol. The van der Waals surface area contributed by atoms with Gasteiger partial charge >= 0.3 is 0 Å². The second-order valence-corrected chi connectivity index (χ2v) is 5.54. The Bertz CT molecular complexity index is 642. The number of rotatable bonds is 3. The van der Waals surface area contributed by atoms with Gasteiger partial charge in [0.15, 0.2) is 0 Å². The maximum absolute atomic E-state index is 6.14. The highest BCUT2D eigenvalue weighted by Crippen LogP contribution is 2.30. The topological polar surface area (TPSA) is 24.5 Å². The van der Waals surface area contributed by atoms with Crippen LogP contribution in [0.25, 0.3) is 0 Å². The molecule has 1 aliphatic heterocycles. The average Bonchev–Trinajstić information content (AvgIpc) is 2.78. The van der Waals surface area contributed by atoms with Crippen LogP contribution in [0.3, 0.4) is 0 Å². The summed E-state index contributed by atoms with van der Waals surface area (Å²) in [4.78, 5) is 2.30. The van der Waals surface area contributed by atoms with Gasteiger partial charge in [0.1, 0.15) is 5.75 Å². The zero-order chi connectivity index (χ0) is 14.1. The van der Waals surface area contributed by atoms with E-state index in [1.807, 2.05) is 18.2 Å². The van der Waals surface area contributed by atoms with Crippen LogP contribution in [-0.2, 0) is 13.1 Å². The number of halogens is 1. The molecule has 3 nitrogen and oxygen atoms in total. The lowest BCUT2D eigenvalue weighted by atomic mass is 10.1. The third kappa shape index (κ3) is 2.60. The summed E-state index contributed by atoms with van der Waals surface area (Å²) in [5.41, 5.74) is 4.84. The van der Waals surface area contributed by atoms with E-state index in [1.54, 1.807) is 7.11 Å². The first-order valence-corrected chi connectivity index (χ1v) is 6.94. The van der Waals surface area contributed by atoms with E-state index in [0.29, 0.717) is 10.8 Å². The molecule has 0 spiro atoms. The summed E-state index contributed by atoms with van der Waals surface area (Å²) in [6, 6.07) is 12.2. The molecular formula is C16H17ClN2O. The molecule has 0 unspecified atom stereocenters. The van der Waals surface area contributed by atoms with Gasteiger partial charge in [-0.1, -0.05) is 17.7 Å². The molecule has 0 atom stereocenters. The summed E-state index contributed by atoms with van der Waals surface area (Å²) in [6.07, 6.45) is 0. The van der Waals surface area contributed by atoms with Gasteiger partial charge in [-0.2, -0.15) is 0 Å². The second kappa shape index (κ2) is 5.35. The highest BCUT2D eigenvalue weighted by molar-refractivity contribution is 6.32. The zero-order valence-electron chi connectivity index (χ0n) is 11.6. The molecule has 104 valence electrons. The Kier molecular flexibility index (Phi) is 3.55. The minimum atomic E-state index is 0.610. The lowest BCUT2D eigenvalue weighted by Gasteiger charge is -2.10. The molecule has 0 aliphatic carbocycles. The Morgan fingerprint density at radius 1 is 1.05 bits per heavy atom. The summed E-state index contributed by atoms with van der Waals surface area (Å²) in [7, 11) is 3.75. The predicted molar refractivity (Wildman–Crippen MR) is 82.9 cm³/mol. The smallest absolute Gasteiger partial charge is 0.137 e. The number of methoxy groups -OCH3 is 1. The maximum Gasteiger partial charge on any atom is 0.137 e. The quantitative estimate of drug-likeness (QED) is 0.922. The van der Waals surface area contributed by atoms with Crippen LogP contribution in [-0.4, -0.2) is 19.1 Å². The number of hydrogen-bond acceptors (Lipinski definition) is 3. The Morgan fingerprint density at radius 2 is 1.75 bits per heavy atom. The van der Waals surface area contributed by atoms with Gasteiger partial charge in [0, 0.05) is 24.5 Å². The van der Waals surface area contributed by atoms with Gasteiger partial charge in [-0.3, -0.25) is 4.90 Å². The van der Waals surface area contributed by atoms with Crippen molar-refractivity contribution < 1.29 is 4.74 Å². The largest absolute Gasteiger partial charge is 0.495 e. The van der Waals surface area contributed by atoms with Crippen molar-refractivity contribution in [2.45, 2.75) is 13.1 Å². The maximum atomic E-state index is 6.14. The summed E-state index contributed by atoms with van der Waals surface area (Å²) in [6.45, 7) is 2.04. The number of fused-ring (bicyclic) bond motifs is 1. The predicted octanol–water partition coefficient (Wildman–Crippen LogP) is 4.04. The summed E-state index contributed by atoms with van der Waals surface area (Å²) < 4.78 is 5.16. The van der Waals surface area contributed by atoms with E-state index in [-0.39, 0.29) is 0 Å². The Balaban J connectivity index is 1.82. The molecule has 0 fully saturated rings. The van der Waals surface area contributed by atoms with Crippen LogP contribution in [0.1, 0.15) is 11.1 Å². The fourth-order valence-corrected chi connectivity index (χ4v) is 2.81. The normalized spacial score (nSPS) is 14.2. The van der Waals surface area contributed by atoms with E-state index in [1.165, 1.54) is 11.1 Å². The van der Waals surface area contributed by atoms with Crippen molar-refractivity contribution in [1.29, 1.82) is 0 Å². The van der Waals surface area contributed by atoms with E-state index in [9.17, 15) is 0 Å². The van der Waals surface area contributed by atoms with E-state index >= 15 is 0 Å². The van der Waals surface area contributed by atoms with Crippen molar-refractivity contribution in [2.75, 3.05) is 19.5 Å². The lowest BCUT2D eigenvalue weighted by molar-refractivity contribution is 0.353. The Morgan fingerprint density at radius 3 is 2.50 bits per heavy atom. The molecule has 1 aliphatic rings. The monoisotopic (exact) mass is 288 g/mol. The third-order valence-corrected chi connectivity index (χ3v) is 3.82. The first kappa shape index (κ1) is 13.3. The molecule has 1 heterocycles. The number of benzene rings is 2. The van der Waals surface area contributed by atoms with Crippen LogP contribution in [0.2, 0.25) is 5.02 Å². The molecular weight excluding hydrogens is 272 g/mol. The number of hydrogen-bond donors (Lipinski definition) is 1. The molecule has 3 rings (SSSR count). The molecule has 0 saturated heterocycles. The molecule has 0 aromatic heterocycles. The summed E-state index contributed by atoms with van der Waals surface area (Å²) in [5, 5.41) is 3.99. The Labute approximate surface area is 124 Å². The molecule has 4 heteroatoms. The van der Waals surface area contributed by atoms with E-state index < -0.39 is 0 Å². The fraction of sp³-hybridized carbons (Fsp3) is 0.250. The van der Waals surface area contributed by atoms with Crippen LogP contribution in [0.15, 0.2) is 36.4 Å². The van der Waals surface area contributed by atoms with Crippen molar-refractivity contribution in [2.24, 2.45) is 0 Å². The van der Waals surface area contributed by atoms with Gasteiger partial charge in [-0.05, 0) is 48.5 Å². The number of nitrogens with zero attached hydrogens (tertiary/aromatic N) is 1. The fourth-order valence-electron chi connectivity index (χ4n) is 2.55. The second-order valence-electron chi connectivity index (χ2n) is 5.13. The van der Waals surface area contributed by atoms with Crippen LogP contribution in [0, 0.1) is 0 Å². The number of anilines is 2. The minimum absolute atomic E-state index is 0.610. The van der Waals surface area contributed by atoms with Crippen LogP contribution in [0.5, 0.6) is 5.75 Å². The van der Waals surface area contributed by atoms with Crippen molar-refractivity contribution >= 4 is 23.0 Å². The van der Waals surface area contributed by atoms with E-state index in [0.717, 1.165) is 24.5 Å². The summed E-state index contributed by atoms with van der Waals surface area (Å²) in [5.74, 6) is 0.688. The first-order chi connectivity index (χ1) is 9.65. The molecule has 0 amide bonds. The molecule has 0 bridgehead atoms. The van der Waals surface area contributed by atoms with Gasteiger partial charge in [-0.15, -0.1) is 0 Å². The van der Waals surface area contributed by atoms with E-state index in [4.69, 9.17) is 16.3 Å². The van der Waals surface area contributed by atoms with Crippen molar-refractivity contribution in [3.05, 3.63) is 52.5 Å². The first-order valence-electron chi connectivity index (χ1n) is 6.56. The Hall–Kier alpha value is -1.71. The van der Waals surface area contributed by atoms with Gasteiger partial charge in [-0.25, -0.2) is 0 Å². The number of ether oxygens (including phenoxy) is 1. The molecule has 1 N–H and O–H groups in total. The number of nitrogens with one attached hydrogen (secondary N) is 1. The van der Waals surface area contributed by atoms with Crippen molar-refractivity contribution in [1.82, 2.24) is 4.90 Å². The van der Waals surface area contributed by atoms with Gasteiger partial charge < -0.3 is 10.1 Å². The highest BCUT2D eigenvalue weighted by Gasteiger charge is 2.15. The molecule has 0 radical (unpaired) electrons.